The van der Waals surface area contributed by atoms with Crippen LogP contribution >= 0.6 is 0 Å². The highest BCUT2D eigenvalue weighted by molar-refractivity contribution is 5.84. The fourth-order valence-corrected chi connectivity index (χ4v) is 3.08. The average molecular weight is 366 g/mol. The maximum Gasteiger partial charge on any atom is 0.229 e. The number of benzene rings is 1. The monoisotopic (exact) mass is 366 g/mol. The number of rotatable bonds is 6. The first-order valence-corrected chi connectivity index (χ1v) is 8.62. The Morgan fingerprint density at radius 2 is 1.92 bits per heavy atom. The molecule has 144 valence electrons. The van der Waals surface area contributed by atoms with Crippen molar-refractivity contribution in [2.24, 2.45) is 0 Å². The van der Waals surface area contributed by atoms with Crippen LogP contribution in [0.2, 0.25) is 0 Å². The number of aliphatic hydroxyl groups excluding tert-OH is 4. The molecule has 1 aliphatic heterocycles. The minimum absolute atomic E-state index is 0.465. The van der Waals surface area contributed by atoms with Crippen molar-refractivity contribution in [1.82, 2.24) is 9.88 Å². The molecule has 1 aromatic carbocycles. The van der Waals surface area contributed by atoms with Crippen LogP contribution in [0.1, 0.15) is 5.56 Å². The smallest absolute Gasteiger partial charge is 0.229 e. The molecule has 1 fully saturated rings. The van der Waals surface area contributed by atoms with E-state index in [0.717, 1.165) is 29.4 Å². The van der Waals surface area contributed by atoms with Gasteiger partial charge in [-0.05, 0) is 44.3 Å². The van der Waals surface area contributed by atoms with Gasteiger partial charge in [0.05, 0.1) is 6.61 Å². The van der Waals surface area contributed by atoms with Gasteiger partial charge in [-0.25, -0.2) is 0 Å². The lowest BCUT2D eigenvalue weighted by atomic mass is 9.99. The summed E-state index contributed by atoms with van der Waals surface area (Å²) in [6.07, 6.45) is -3.64. The van der Waals surface area contributed by atoms with Gasteiger partial charge in [0.25, 0.3) is 0 Å². The topological polar surface area (TPSA) is 118 Å². The number of hydrogen-bond donors (Lipinski definition) is 5. The molecular weight excluding hydrogens is 340 g/mol. The second kappa shape index (κ2) is 7.91. The van der Waals surface area contributed by atoms with Crippen LogP contribution in [0.3, 0.4) is 0 Å². The summed E-state index contributed by atoms with van der Waals surface area (Å²) in [5.74, 6) is 0.465. The number of nitrogens with one attached hydrogen (secondary N) is 1. The van der Waals surface area contributed by atoms with E-state index in [1.807, 2.05) is 32.4 Å². The average Bonchev–Trinajstić information content (AvgIpc) is 3.02. The standard InChI is InChI=1S/C18H26N2O6/c1-20(2)6-5-10-8-19-13-4-3-11(7-12(10)13)25-18-17(24)16(23)15(22)14(9-21)26-18/h3-4,7-8,14-19,21-24H,5-6,9H2,1-2H3/t14-,15-,16+,17-,18-/m1/s1. The van der Waals surface area contributed by atoms with E-state index in [1.165, 1.54) is 0 Å². The predicted octanol–water partition coefficient (Wildman–Crippen LogP) is -0.549. The van der Waals surface area contributed by atoms with Crippen molar-refractivity contribution >= 4 is 10.9 Å². The molecule has 5 atom stereocenters. The number of aromatic amines is 1. The Morgan fingerprint density at radius 1 is 1.15 bits per heavy atom. The summed E-state index contributed by atoms with van der Waals surface area (Å²) in [6, 6.07) is 5.45. The molecule has 0 bridgehead atoms. The molecular formula is C18H26N2O6. The Morgan fingerprint density at radius 3 is 2.62 bits per heavy atom. The maximum absolute atomic E-state index is 10.1. The third-order valence-electron chi connectivity index (χ3n) is 4.67. The molecule has 8 heteroatoms. The van der Waals surface area contributed by atoms with E-state index in [9.17, 15) is 20.4 Å². The van der Waals surface area contributed by atoms with Crippen molar-refractivity contribution in [1.29, 1.82) is 0 Å². The first kappa shape index (κ1) is 19.1. The Labute approximate surface area is 151 Å². The van der Waals surface area contributed by atoms with E-state index in [-0.39, 0.29) is 0 Å². The molecule has 1 aliphatic rings. The van der Waals surface area contributed by atoms with Crippen molar-refractivity contribution in [3.05, 3.63) is 30.0 Å². The van der Waals surface area contributed by atoms with Gasteiger partial charge in [-0.2, -0.15) is 0 Å². The Bertz CT molecular complexity index is 732. The second-order valence-corrected chi connectivity index (χ2v) is 6.89. The molecule has 0 unspecified atom stereocenters. The Balaban J connectivity index is 1.78. The largest absolute Gasteiger partial charge is 0.462 e. The summed E-state index contributed by atoms with van der Waals surface area (Å²) < 4.78 is 11.1. The van der Waals surface area contributed by atoms with Crippen LogP contribution in [0, 0.1) is 0 Å². The number of nitrogens with zero attached hydrogens (tertiary/aromatic N) is 1. The molecule has 26 heavy (non-hydrogen) atoms. The third kappa shape index (κ3) is 3.85. The quantitative estimate of drug-likeness (QED) is 0.465. The summed E-state index contributed by atoms with van der Waals surface area (Å²) in [7, 11) is 4.03. The normalized spacial score (nSPS) is 29.4. The van der Waals surface area contributed by atoms with Gasteiger partial charge in [-0.3, -0.25) is 0 Å². The number of ether oxygens (including phenoxy) is 2. The summed E-state index contributed by atoms with van der Waals surface area (Å²) in [6.45, 7) is 0.418. The molecule has 1 saturated heterocycles. The van der Waals surface area contributed by atoms with Gasteiger partial charge >= 0.3 is 0 Å². The molecule has 3 rings (SSSR count). The van der Waals surface area contributed by atoms with Crippen molar-refractivity contribution < 1.29 is 29.9 Å². The second-order valence-electron chi connectivity index (χ2n) is 6.89. The van der Waals surface area contributed by atoms with Crippen LogP contribution in [-0.2, 0) is 11.2 Å². The number of fused-ring (bicyclic) bond motifs is 1. The van der Waals surface area contributed by atoms with Crippen LogP contribution < -0.4 is 4.74 Å². The zero-order chi connectivity index (χ0) is 18.8. The van der Waals surface area contributed by atoms with E-state index in [4.69, 9.17) is 9.47 Å². The van der Waals surface area contributed by atoms with Gasteiger partial charge in [0.2, 0.25) is 6.29 Å². The van der Waals surface area contributed by atoms with Gasteiger partial charge in [-0.15, -0.1) is 0 Å². The lowest BCUT2D eigenvalue weighted by molar-refractivity contribution is -0.277. The number of likely N-dealkylation sites (N-methyl/N-ethyl adjacent to an activating group) is 1. The van der Waals surface area contributed by atoms with E-state index >= 15 is 0 Å². The van der Waals surface area contributed by atoms with Gasteiger partial charge in [-0.1, -0.05) is 0 Å². The van der Waals surface area contributed by atoms with Crippen LogP contribution in [0.4, 0.5) is 0 Å². The van der Waals surface area contributed by atoms with Gasteiger partial charge in [0, 0.05) is 23.6 Å². The molecule has 8 nitrogen and oxygen atoms in total. The summed E-state index contributed by atoms with van der Waals surface area (Å²) in [4.78, 5) is 5.32. The summed E-state index contributed by atoms with van der Waals surface area (Å²) >= 11 is 0. The third-order valence-corrected chi connectivity index (χ3v) is 4.67. The minimum Gasteiger partial charge on any atom is -0.462 e. The van der Waals surface area contributed by atoms with Crippen molar-refractivity contribution in [3.8, 4) is 5.75 Å². The van der Waals surface area contributed by atoms with Crippen molar-refractivity contribution in [2.75, 3.05) is 27.2 Å². The minimum atomic E-state index is -1.46. The van der Waals surface area contributed by atoms with Crippen LogP contribution in [0.25, 0.3) is 10.9 Å². The highest BCUT2D eigenvalue weighted by Crippen LogP contribution is 2.28. The fraction of sp³-hybridized carbons (Fsp3) is 0.556. The molecule has 2 heterocycles. The van der Waals surface area contributed by atoms with Gasteiger partial charge in [0.15, 0.2) is 0 Å². The first-order valence-electron chi connectivity index (χ1n) is 8.62. The Hall–Kier alpha value is -1.68. The lowest BCUT2D eigenvalue weighted by Gasteiger charge is -2.39. The molecule has 0 radical (unpaired) electrons. The van der Waals surface area contributed by atoms with E-state index in [2.05, 4.69) is 9.88 Å². The van der Waals surface area contributed by atoms with Crippen LogP contribution in [0.15, 0.2) is 24.4 Å². The SMILES string of the molecule is CN(C)CCc1c[nH]c2ccc(O[C@@H]3O[C@H](CO)[C@@H](O)[C@H](O)[C@H]3O)cc12. The molecule has 0 saturated carbocycles. The molecule has 1 aromatic heterocycles. The molecule has 0 aliphatic carbocycles. The highest BCUT2D eigenvalue weighted by atomic mass is 16.7. The summed E-state index contributed by atoms with van der Waals surface area (Å²) in [5.41, 5.74) is 2.12. The maximum atomic E-state index is 10.1. The lowest BCUT2D eigenvalue weighted by Crippen LogP contribution is -2.60. The number of aromatic nitrogens is 1. The number of aliphatic hydroxyl groups is 4. The van der Waals surface area contributed by atoms with E-state index < -0.39 is 37.3 Å². The van der Waals surface area contributed by atoms with E-state index in [1.54, 1.807) is 6.07 Å². The van der Waals surface area contributed by atoms with Crippen molar-refractivity contribution in [2.45, 2.75) is 37.1 Å². The Kier molecular flexibility index (Phi) is 5.81. The molecule has 0 spiro atoms. The highest BCUT2D eigenvalue weighted by Gasteiger charge is 2.44. The fourth-order valence-electron chi connectivity index (χ4n) is 3.08. The van der Waals surface area contributed by atoms with Gasteiger partial charge < -0.3 is 39.8 Å². The van der Waals surface area contributed by atoms with Crippen molar-refractivity contribution in [3.63, 3.8) is 0 Å². The van der Waals surface area contributed by atoms with E-state index in [0.29, 0.717) is 5.75 Å². The summed E-state index contributed by atoms with van der Waals surface area (Å²) in [5, 5.41) is 40.1. The zero-order valence-electron chi connectivity index (χ0n) is 14.9. The van der Waals surface area contributed by atoms with Crippen LogP contribution in [0.5, 0.6) is 5.75 Å². The predicted molar refractivity (Wildman–Crippen MR) is 95.0 cm³/mol. The number of H-pyrrole nitrogens is 1. The molecule has 2 aromatic rings. The van der Waals surface area contributed by atoms with Gasteiger partial charge in [0.1, 0.15) is 30.2 Å². The molecule has 0 amide bonds. The zero-order valence-corrected chi connectivity index (χ0v) is 14.9. The molecule has 5 N–H and O–H groups in total. The first-order chi connectivity index (χ1) is 12.4. The number of hydrogen-bond acceptors (Lipinski definition) is 7. The van der Waals surface area contributed by atoms with Crippen LogP contribution in [-0.4, -0.2) is 88.3 Å².